The van der Waals surface area contributed by atoms with Gasteiger partial charge >= 0.3 is 0 Å². The fourth-order valence-electron chi connectivity index (χ4n) is 4.27. The summed E-state index contributed by atoms with van der Waals surface area (Å²) in [6.07, 6.45) is 6.82. The first-order valence-electron chi connectivity index (χ1n) is 10.7. The van der Waals surface area contributed by atoms with Gasteiger partial charge in [-0.05, 0) is 75.2 Å². The van der Waals surface area contributed by atoms with E-state index in [0.717, 1.165) is 51.0 Å². The summed E-state index contributed by atoms with van der Waals surface area (Å²) in [5.41, 5.74) is 0.451. The molecule has 8 heteroatoms. The Morgan fingerprint density at radius 1 is 0.967 bits per heavy atom. The number of benzene rings is 1. The third-order valence-electron chi connectivity index (χ3n) is 5.98. The fourth-order valence-corrected chi connectivity index (χ4v) is 5.78. The lowest BCUT2D eigenvalue weighted by molar-refractivity contribution is 0.0933. The molecule has 1 atom stereocenters. The van der Waals surface area contributed by atoms with Crippen LogP contribution in [-0.4, -0.2) is 56.3 Å². The zero-order valence-corrected chi connectivity index (χ0v) is 17.9. The van der Waals surface area contributed by atoms with Crippen LogP contribution in [0.1, 0.15) is 54.3 Å². The highest BCUT2D eigenvalue weighted by atomic mass is 32.2. The van der Waals surface area contributed by atoms with Crippen molar-refractivity contribution in [3.63, 3.8) is 0 Å². The highest BCUT2D eigenvalue weighted by Gasteiger charge is 2.27. The van der Waals surface area contributed by atoms with Gasteiger partial charge in [0.25, 0.3) is 5.91 Å². The van der Waals surface area contributed by atoms with E-state index < -0.39 is 10.0 Å². The maximum Gasteiger partial charge on any atom is 0.251 e. The van der Waals surface area contributed by atoms with Crippen LogP contribution in [0.5, 0.6) is 0 Å². The third-order valence-corrected chi connectivity index (χ3v) is 7.89. The van der Waals surface area contributed by atoms with E-state index in [9.17, 15) is 13.2 Å². The smallest absolute Gasteiger partial charge is 0.251 e. The number of likely N-dealkylation sites (tertiary alicyclic amines) is 1. The Bertz CT molecular complexity index is 929. The molecule has 1 amide bonds. The van der Waals surface area contributed by atoms with Gasteiger partial charge in [0.1, 0.15) is 5.76 Å². The number of carbonyl (C=O) groups is 1. The first-order chi connectivity index (χ1) is 14.6. The topological polar surface area (TPSA) is 82.9 Å². The van der Waals surface area contributed by atoms with Crippen LogP contribution >= 0.6 is 0 Å². The number of hydrogen-bond donors (Lipinski definition) is 1. The first kappa shape index (κ1) is 21.1. The van der Waals surface area contributed by atoms with Gasteiger partial charge in [0.2, 0.25) is 10.0 Å². The van der Waals surface area contributed by atoms with Crippen molar-refractivity contribution >= 4 is 15.9 Å². The summed E-state index contributed by atoms with van der Waals surface area (Å²) < 4.78 is 32.7. The molecular weight excluding hydrogens is 402 g/mol. The minimum absolute atomic E-state index is 0.00482. The molecule has 7 nitrogen and oxygen atoms in total. The minimum atomic E-state index is -3.49. The molecule has 30 heavy (non-hydrogen) atoms. The third kappa shape index (κ3) is 4.61. The van der Waals surface area contributed by atoms with E-state index in [4.69, 9.17) is 4.42 Å². The molecular formula is C22H29N3O4S. The van der Waals surface area contributed by atoms with E-state index >= 15 is 0 Å². The molecule has 4 rings (SSSR count). The SMILES string of the molecule is O=C(NCC(c1ccco1)N1CCCC1)c1ccc(S(=O)(=O)N2CCCCC2)cc1. The van der Waals surface area contributed by atoms with Gasteiger partial charge in [-0.1, -0.05) is 6.42 Å². The molecule has 0 radical (unpaired) electrons. The Morgan fingerprint density at radius 3 is 2.27 bits per heavy atom. The number of sulfonamides is 1. The van der Waals surface area contributed by atoms with Gasteiger partial charge in [0.15, 0.2) is 0 Å². The van der Waals surface area contributed by atoms with Crippen molar-refractivity contribution in [2.24, 2.45) is 0 Å². The maximum absolute atomic E-state index is 12.8. The molecule has 3 heterocycles. The van der Waals surface area contributed by atoms with Gasteiger partial charge in [0.05, 0.1) is 17.2 Å². The molecule has 1 aromatic carbocycles. The largest absolute Gasteiger partial charge is 0.468 e. The lowest BCUT2D eigenvalue weighted by Crippen LogP contribution is -2.37. The van der Waals surface area contributed by atoms with Crippen molar-refractivity contribution in [2.45, 2.75) is 43.0 Å². The normalized spacial score (nSPS) is 19.6. The number of rotatable bonds is 7. The molecule has 0 aliphatic carbocycles. The quantitative estimate of drug-likeness (QED) is 0.729. The standard InChI is InChI=1S/C22H29N3O4S/c26-22(23-17-20(21-7-6-16-29-21)24-12-4-5-13-24)18-8-10-19(11-9-18)30(27,28)25-14-2-1-3-15-25/h6-11,16,20H,1-5,12-15,17H2,(H,23,26). The maximum atomic E-state index is 12.8. The summed E-state index contributed by atoms with van der Waals surface area (Å²) in [4.78, 5) is 15.2. The molecule has 0 saturated carbocycles. The summed E-state index contributed by atoms with van der Waals surface area (Å²) in [6.45, 7) is 3.55. The molecule has 0 spiro atoms. The zero-order chi connectivity index (χ0) is 21.0. The van der Waals surface area contributed by atoms with Crippen LogP contribution in [0, 0.1) is 0 Å². The molecule has 1 N–H and O–H groups in total. The second kappa shape index (κ2) is 9.32. The van der Waals surface area contributed by atoms with Crippen molar-refractivity contribution in [3.05, 3.63) is 54.0 Å². The van der Waals surface area contributed by atoms with Crippen LogP contribution in [0.3, 0.4) is 0 Å². The molecule has 162 valence electrons. The highest BCUT2D eigenvalue weighted by molar-refractivity contribution is 7.89. The van der Waals surface area contributed by atoms with Crippen LogP contribution in [0.25, 0.3) is 0 Å². The Labute approximate surface area is 178 Å². The van der Waals surface area contributed by atoms with E-state index in [-0.39, 0.29) is 16.8 Å². The number of nitrogens with zero attached hydrogens (tertiary/aromatic N) is 2. The van der Waals surface area contributed by atoms with Gasteiger partial charge in [-0.2, -0.15) is 4.31 Å². The van der Waals surface area contributed by atoms with Crippen LogP contribution in [0.15, 0.2) is 52.0 Å². The monoisotopic (exact) mass is 431 g/mol. The number of amides is 1. The van der Waals surface area contributed by atoms with Gasteiger partial charge in [-0.3, -0.25) is 9.69 Å². The van der Waals surface area contributed by atoms with Gasteiger partial charge in [0, 0.05) is 25.2 Å². The second-order valence-electron chi connectivity index (χ2n) is 7.97. The Kier molecular flexibility index (Phi) is 6.55. The van der Waals surface area contributed by atoms with Crippen molar-refractivity contribution in [3.8, 4) is 0 Å². The molecule has 2 fully saturated rings. The summed E-state index contributed by atoms with van der Waals surface area (Å²) in [6, 6.07) is 10.0. The average molecular weight is 432 g/mol. The van der Waals surface area contributed by atoms with Crippen LogP contribution in [0.4, 0.5) is 0 Å². The van der Waals surface area contributed by atoms with Crippen LogP contribution in [-0.2, 0) is 10.0 Å². The number of carbonyl (C=O) groups excluding carboxylic acids is 1. The Hall–Kier alpha value is -2.16. The number of hydrogen-bond acceptors (Lipinski definition) is 5. The van der Waals surface area contributed by atoms with Crippen molar-refractivity contribution < 1.29 is 17.6 Å². The number of piperidine rings is 1. The molecule has 2 aliphatic heterocycles. The van der Waals surface area contributed by atoms with Gasteiger partial charge in [-0.25, -0.2) is 8.42 Å². The second-order valence-corrected chi connectivity index (χ2v) is 9.91. The zero-order valence-electron chi connectivity index (χ0n) is 17.1. The molecule has 2 aromatic rings. The summed E-state index contributed by atoms with van der Waals surface area (Å²) in [7, 11) is -3.49. The average Bonchev–Trinajstić information content (AvgIpc) is 3.50. The summed E-state index contributed by atoms with van der Waals surface area (Å²) in [5.74, 6) is 0.632. The van der Waals surface area contributed by atoms with Crippen LogP contribution in [0.2, 0.25) is 0 Å². The molecule has 1 unspecified atom stereocenters. The first-order valence-corrected chi connectivity index (χ1v) is 12.2. The lowest BCUT2D eigenvalue weighted by atomic mass is 10.1. The minimum Gasteiger partial charge on any atom is -0.468 e. The van der Waals surface area contributed by atoms with E-state index in [2.05, 4.69) is 10.2 Å². The Balaban J connectivity index is 1.41. The Morgan fingerprint density at radius 2 is 1.63 bits per heavy atom. The fraction of sp³-hybridized carbons (Fsp3) is 0.500. The molecule has 2 saturated heterocycles. The van der Waals surface area contributed by atoms with E-state index in [1.807, 2.05) is 12.1 Å². The van der Waals surface area contributed by atoms with E-state index in [0.29, 0.717) is 25.2 Å². The number of furan rings is 1. The summed E-state index contributed by atoms with van der Waals surface area (Å²) >= 11 is 0. The molecule has 0 bridgehead atoms. The van der Waals surface area contributed by atoms with Crippen LogP contribution < -0.4 is 5.32 Å². The predicted molar refractivity (Wildman–Crippen MR) is 114 cm³/mol. The summed E-state index contributed by atoms with van der Waals surface area (Å²) in [5, 5.41) is 2.99. The number of nitrogens with one attached hydrogen (secondary N) is 1. The highest BCUT2D eigenvalue weighted by Crippen LogP contribution is 2.25. The predicted octanol–water partition coefficient (Wildman–Crippen LogP) is 3.02. The molecule has 1 aromatic heterocycles. The van der Waals surface area contributed by atoms with E-state index in [1.54, 1.807) is 18.4 Å². The van der Waals surface area contributed by atoms with Gasteiger partial charge < -0.3 is 9.73 Å². The van der Waals surface area contributed by atoms with Crippen molar-refractivity contribution in [1.29, 1.82) is 0 Å². The van der Waals surface area contributed by atoms with E-state index in [1.165, 1.54) is 16.4 Å². The van der Waals surface area contributed by atoms with Crippen molar-refractivity contribution in [1.82, 2.24) is 14.5 Å². The van der Waals surface area contributed by atoms with Crippen molar-refractivity contribution in [2.75, 3.05) is 32.7 Å². The van der Waals surface area contributed by atoms with Gasteiger partial charge in [-0.15, -0.1) is 0 Å². The lowest BCUT2D eigenvalue weighted by Gasteiger charge is -2.26. The molecule has 2 aliphatic rings.